The Morgan fingerprint density at radius 1 is 1.05 bits per heavy atom. The van der Waals surface area contributed by atoms with Crippen molar-refractivity contribution in [3.8, 4) is 16.9 Å². The summed E-state index contributed by atoms with van der Waals surface area (Å²) in [4.78, 5) is 32.3. The number of carbonyl (C=O) groups excluding carboxylic acids is 1. The number of aromatic nitrogens is 2. The smallest absolute Gasteiger partial charge is 0.315 e. The maximum atomic E-state index is 14.4. The van der Waals surface area contributed by atoms with Crippen molar-refractivity contribution in [2.45, 2.75) is 68.2 Å². The second-order valence-corrected chi connectivity index (χ2v) is 14.7. The third-order valence-electron chi connectivity index (χ3n) is 8.39. The van der Waals surface area contributed by atoms with Gasteiger partial charge in [-0.2, -0.15) is 0 Å². The number of hydrogen-bond acceptors (Lipinski definition) is 6. The molecule has 2 atom stereocenters. The van der Waals surface area contributed by atoms with Crippen molar-refractivity contribution in [1.29, 1.82) is 0 Å². The third kappa shape index (κ3) is 5.78. The van der Waals surface area contributed by atoms with Gasteiger partial charge in [0.1, 0.15) is 21.9 Å². The lowest BCUT2D eigenvalue weighted by Gasteiger charge is -2.49. The van der Waals surface area contributed by atoms with E-state index in [1.54, 1.807) is 18.2 Å². The van der Waals surface area contributed by atoms with Gasteiger partial charge in [0, 0.05) is 0 Å². The summed E-state index contributed by atoms with van der Waals surface area (Å²) >= 11 is 19.4. The molecule has 0 bridgehead atoms. The topological polar surface area (TPSA) is 107 Å². The molecule has 1 aliphatic carbocycles. The van der Waals surface area contributed by atoms with Gasteiger partial charge in [-0.3, -0.25) is 9.59 Å². The molecule has 1 aliphatic rings. The largest absolute Gasteiger partial charge is 0.512 e. The number of esters is 1. The van der Waals surface area contributed by atoms with E-state index in [1.807, 2.05) is 0 Å². The van der Waals surface area contributed by atoms with E-state index in [9.17, 15) is 14.7 Å². The van der Waals surface area contributed by atoms with Gasteiger partial charge >= 0.3 is 5.97 Å². The van der Waals surface area contributed by atoms with Gasteiger partial charge in [-0.05, 0) is 66.0 Å². The minimum Gasteiger partial charge on any atom is -0.512 e. The fourth-order valence-electron chi connectivity index (χ4n) is 6.35. The molecule has 10 heteroatoms. The lowest BCUT2D eigenvalue weighted by atomic mass is 9.55. The summed E-state index contributed by atoms with van der Waals surface area (Å²) < 4.78 is 7.39. The Bertz CT molecular complexity index is 1610. The fraction of sp³-hybridized carbons (Fsp3) is 0.516. The first-order valence-corrected chi connectivity index (χ1v) is 14.9. The van der Waals surface area contributed by atoms with Crippen LogP contribution in [0.3, 0.4) is 0 Å². The minimum absolute atomic E-state index is 0.00303. The third-order valence-corrected chi connectivity index (χ3v) is 9.49. The Kier molecular flexibility index (Phi) is 8.42. The highest BCUT2D eigenvalue weighted by molar-refractivity contribution is 6.42. The number of nitrogens with two attached hydrogens (primary N) is 1. The van der Waals surface area contributed by atoms with Gasteiger partial charge in [-0.25, -0.2) is 9.38 Å². The molecule has 3 aromatic rings. The molecule has 41 heavy (non-hydrogen) atoms. The van der Waals surface area contributed by atoms with Gasteiger partial charge in [0.15, 0.2) is 11.4 Å². The van der Waals surface area contributed by atoms with Crippen LogP contribution in [-0.2, 0) is 4.79 Å². The number of hydrogen-bond donors (Lipinski definition) is 2. The summed E-state index contributed by atoms with van der Waals surface area (Å²) in [5.41, 5.74) is 5.80. The highest BCUT2D eigenvalue weighted by Crippen LogP contribution is 2.53. The summed E-state index contributed by atoms with van der Waals surface area (Å²) in [6, 6.07) is 4.84. The number of nitrogen functional groups attached to an aromatic ring is 1. The van der Waals surface area contributed by atoms with Gasteiger partial charge in [0.2, 0.25) is 0 Å². The van der Waals surface area contributed by atoms with Crippen molar-refractivity contribution in [3.63, 3.8) is 0 Å². The average molecular weight is 623 g/mol. The van der Waals surface area contributed by atoms with Gasteiger partial charge in [-0.1, -0.05) is 89.3 Å². The number of rotatable bonds is 3. The van der Waals surface area contributed by atoms with E-state index in [-0.39, 0.29) is 66.6 Å². The van der Waals surface area contributed by atoms with Crippen molar-refractivity contribution in [2.75, 3.05) is 5.73 Å². The zero-order valence-corrected chi connectivity index (χ0v) is 27.0. The fourth-order valence-corrected chi connectivity index (χ4v) is 7.00. The van der Waals surface area contributed by atoms with E-state index >= 15 is 0 Å². The molecular weight excluding hydrogens is 585 g/mol. The van der Waals surface area contributed by atoms with Gasteiger partial charge < -0.3 is 15.6 Å². The molecule has 1 fully saturated rings. The van der Waals surface area contributed by atoms with Crippen LogP contribution in [0.2, 0.25) is 15.2 Å². The number of anilines is 1. The molecule has 3 N–H and O–H groups in total. The number of halogens is 3. The number of fused-ring (bicyclic) bond motifs is 1. The molecule has 222 valence electrons. The zero-order valence-electron chi connectivity index (χ0n) is 24.7. The molecular formula is C31H38Cl3N3O4. The molecule has 4 rings (SSSR count). The van der Waals surface area contributed by atoms with Crippen LogP contribution < -0.4 is 21.2 Å². The molecule has 0 spiro atoms. The van der Waals surface area contributed by atoms with Crippen LogP contribution in [0.25, 0.3) is 22.5 Å². The van der Waals surface area contributed by atoms with Crippen LogP contribution >= 0.6 is 34.8 Å². The van der Waals surface area contributed by atoms with Crippen LogP contribution in [0.1, 0.15) is 68.2 Å². The second kappa shape index (κ2) is 11.0. The van der Waals surface area contributed by atoms with Crippen LogP contribution in [0, 0.1) is 34.5 Å². The first kappa shape index (κ1) is 31.5. The number of aliphatic hydroxyl groups is 1. The lowest BCUT2D eigenvalue weighted by molar-refractivity contribution is -0.152. The number of aliphatic hydroxyl groups excluding tert-OH is 1. The van der Waals surface area contributed by atoms with Crippen LogP contribution in [0.15, 0.2) is 23.0 Å². The molecule has 0 saturated heterocycles. The van der Waals surface area contributed by atoms with Crippen molar-refractivity contribution in [1.82, 2.24) is 9.38 Å². The average Bonchev–Trinajstić information content (AvgIpc) is 3.09. The summed E-state index contributed by atoms with van der Waals surface area (Å²) in [6.07, 6.45) is 1.77. The monoisotopic (exact) mass is 621 g/mol. The highest BCUT2D eigenvalue weighted by atomic mass is 35.5. The van der Waals surface area contributed by atoms with E-state index in [1.165, 1.54) is 6.92 Å². The Morgan fingerprint density at radius 2 is 1.61 bits per heavy atom. The van der Waals surface area contributed by atoms with Crippen molar-refractivity contribution in [3.05, 3.63) is 49.0 Å². The standard InChI is InChI=1S/C31H38Cl3N3O4/c1-14-11-17(30(3,4)5)23(18(12-14)31(6,7)8)29(40)41-24-22(16-9-10-19(32)20(33)13-16)25(34)37-27(24)36-26(35)21(15(2)38)28(37)39/h9-10,13-14,17-18,23,38H,11-12H2,1-8H3,(H2,35,36). The van der Waals surface area contributed by atoms with Gasteiger partial charge in [0.05, 0.1) is 21.5 Å². The Hall–Kier alpha value is -2.48. The predicted molar refractivity (Wildman–Crippen MR) is 167 cm³/mol. The summed E-state index contributed by atoms with van der Waals surface area (Å²) in [5.74, 6) is -0.797. The molecule has 2 unspecified atom stereocenters. The maximum Gasteiger partial charge on any atom is 0.315 e. The number of ether oxygens (including phenoxy) is 1. The van der Waals surface area contributed by atoms with Crippen molar-refractivity contribution >= 4 is 58.0 Å². The molecule has 2 aromatic heterocycles. The SMILES string of the molecule is CC(O)=c1c(N)nc2c(OC(=O)C3C(C(C)(C)C)CC(C)CC3C(C)(C)C)c(-c3ccc(Cl)c(Cl)c3)c(Cl)n2c1=O. The van der Waals surface area contributed by atoms with E-state index in [0.717, 1.165) is 17.2 Å². The summed E-state index contributed by atoms with van der Waals surface area (Å²) in [7, 11) is 0. The first-order valence-electron chi connectivity index (χ1n) is 13.7. The summed E-state index contributed by atoms with van der Waals surface area (Å²) in [6.45, 7) is 16.5. The van der Waals surface area contributed by atoms with E-state index < -0.39 is 17.4 Å². The molecule has 1 saturated carbocycles. The maximum absolute atomic E-state index is 14.4. The molecule has 0 radical (unpaired) electrons. The first-order chi connectivity index (χ1) is 18.8. The van der Waals surface area contributed by atoms with E-state index in [0.29, 0.717) is 16.5 Å². The minimum atomic E-state index is -0.687. The van der Waals surface area contributed by atoms with Crippen molar-refractivity contribution < 1.29 is 14.6 Å². The van der Waals surface area contributed by atoms with Gasteiger partial charge in [-0.15, -0.1) is 0 Å². The highest BCUT2D eigenvalue weighted by Gasteiger charge is 2.50. The molecule has 0 amide bonds. The number of carbonyl (C=O) groups is 1. The van der Waals surface area contributed by atoms with Crippen molar-refractivity contribution in [2.24, 2.45) is 34.5 Å². The second-order valence-electron chi connectivity index (χ2n) is 13.5. The number of benzene rings is 1. The zero-order chi connectivity index (χ0) is 30.8. The lowest BCUT2D eigenvalue weighted by Crippen LogP contribution is -2.48. The van der Waals surface area contributed by atoms with E-state index in [4.69, 9.17) is 45.3 Å². The molecule has 2 heterocycles. The Balaban J connectivity index is 2.00. The number of nitrogens with zero attached hydrogens (tertiary/aromatic N) is 2. The Labute approximate surface area is 255 Å². The molecule has 7 nitrogen and oxygen atoms in total. The Morgan fingerprint density at radius 3 is 2.10 bits per heavy atom. The molecule has 0 aliphatic heterocycles. The normalized spacial score (nSPS) is 22.6. The summed E-state index contributed by atoms with van der Waals surface area (Å²) in [5, 5.41) is 10.5. The van der Waals surface area contributed by atoms with Gasteiger partial charge in [0.25, 0.3) is 5.56 Å². The van der Waals surface area contributed by atoms with Crippen LogP contribution in [-0.4, -0.2) is 20.5 Å². The van der Waals surface area contributed by atoms with E-state index in [2.05, 4.69) is 53.5 Å². The quantitative estimate of drug-likeness (QED) is 0.292. The van der Waals surface area contributed by atoms with Crippen LogP contribution in [0.4, 0.5) is 5.82 Å². The predicted octanol–water partition coefficient (Wildman–Crippen LogP) is 7.59. The van der Waals surface area contributed by atoms with Crippen LogP contribution in [0.5, 0.6) is 5.75 Å². The molecule has 1 aromatic carbocycles.